The van der Waals surface area contributed by atoms with Crippen molar-refractivity contribution in [1.82, 2.24) is 0 Å². The number of carboxylic acid groups (broad SMARTS) is 1. The average Bonchev–Trinajstić information content (AvgIpc) is 2.52. The first kappa shape index (κ1) is 14.3. The second kappa shape index (κ2) is 5.12. The third-order valence-corrected chi connectivity index (χ3v) is 5.01. The highest BCUT2D eigenvalue weighted by Crippen LogP contribution is 2.48. The molecule has 0 spiro atoms. The Bertz CT molecular complexity index is 443. The summed E-state index contributed by atoms with van der Waals surface area (Å²) in [5.41, 5.74) is 2.59. The summed E-state index contributed by atoms with van der Waals surface area (Å²) < 4.78 is 0. The number of aliphatic hydroxyl groups is 1. The summed E-state index contributed by atoms with van der Waals surface area (Å²) in [4.78, 5) is 11.3. The van der Waals surface area contributed by atoms with E-state index in [-0.39, 0.29) is 11.8 Å². The van der Waals surface area contributed by atoms with Gasteiger partial charge < -0.3 is 10.2 Å². The Morgan fingerprint density at radius 3 is 2.68 bits per heavy atom. The third-order valence-electron chi connectivity index (χ3n) is 5.01. The van der Waals surface area contributed by atoms with Gasteiger partial charge in [-0.2, -0.15) is 0 Å². The molecule has 3 atom stereocenters. The van der Waals surface area contributed by atoms with Crippen molar-refractivity contribution >= 4 is 5.97 Å². The molecule has 2 N–H and O–H groups in total. The van der Waals surface area contributed by atoms with E-state index in [1.54, 1.807) is 13.0 Å². The van der Waals surface area contributed by atoms with Crippen LogP contribution < -0.4 is 0 Å². The predicted octanol–water partition coefficient (Wildman–Crippen LogP) is 3.29. The van der Waals surface area contributed by atoms with Crippen LogP contribution in [-0.2, 0) is 4.79 Å². The molecule has 0 bridgehead atoms. The van der Waals surface area contributed by atoms with Crippen LogP contribution in [0, 0.1) is 11.8 Å². The zero-order valence-corrected chi connectivity index (χ0v) is 12.1. The van der Waals surface area contributed by atoms with E-state index in [1.807, 2.05) is 6.92 Å². The first-order valence-electron chi connectivity index (χ1n) is 7.17. The number of allylic oxidation sites excluding steroid dienone is 2. The molecule has 106 valence electrons. The van der Waals surface area contributed by atoms with E-state index < -0.39 is 11.6 Å². The number of carbonyl (C=O) groups is 1. The minimum absolute atomic E-state index is 0.0597. The van der Waals surface area contributed by atoms with Crippen molar-refractivity contribution in [3.8, 4) is 0 Å². The fourth-order valence-corrected chi connectivity index (χ4v) is 3.79. The molecule has 3 nitrogen and oxygen atoms in total. The molecule has 1 saturated carbocycles. The van der Waals surface area contributed by atoms with Gasteiger partial charge in [-0.15, -0.1) is 0 Å². The summed E-state index contributed by atoms with van der Waals surface area (Å²) in [6, 6.07) is 0. The van der Waals surface area contributed by atoms with Crippen molar-refractivity contribution in [2.45, 2.75) is 58.5 Å². The maximum atomic E-state index is 11.3. The molecule has 0 aromatic carbocycles. The molecule has 1 fully saturated rings. The molecular weight excluding hydrogens is 240 g/mol. The van der Waals surface area contributed by atoms with Crippen molar-refractivity contribution < 1.29 is 15.0 Å². The largest absolute Gasteiger partial charge is 0.478 e. The second-order valence-corrected chi connectivity index (χ2v) is 6.24. The van der Waals surface area contributed by atoms with Crippen LogP contribution in [0.2, 0.25) is 0 Å². The van der Waals surface area contributed by atoms with Crippen LogP contribution in [0.15, 0.2) is 22.8 Å². The molecule has 2 aliphatic carbocycles. The first-order chi connectivity index (χ1) is 8.86. The summed E-state index contributed by atoms with van der Waals surface area (Å²) in [5.74, 6) is -0.620. The third kappa shape index (κ3) is 2.62. The predicted molar refractivity (Wildman–Crippen MR) is 74.8 cm³/mol. The molecule has 0 amide bonds. The van der Waals surface area contributed by atoms with Gasteiger partial charge in [0.2, 0.25) is 0 Å². The lowest BCUT2D eigenvalue weighted by Crippen LogP contribution is -2.31. The summed E-state index contributed by atoms with van der Waals surface area (Å²) >= 11 is 0. The van der Waals surface area contributed by atoms with Crippen molar-refractivity contribution in [1.29, 1.82) is 0 Å². The molecule has 0 aromatic rings. The number of rotatable bonds is 2. The Labute approximate surface area is 115 Å². The Kier molecular flexibility index (Phi) is 3.86. The fraction of sp³-hybridized carbons (Fsp3) is 0.688. The molecule has 0 heterocycles. The maximum Gasteiger partial charge on any atom is 0.331 e. The van der Waals surface area contributed by atoms with Gasteiger partial charge in [0.05, 0.1) is 5.60 Å². The minimum atomic E-state index is -0.814. The number of hydrogen-bond acceptors (Lipinski definition) is 2. The molecule has 2 rings (SSSR count). The normalized spacial score (nSPS) is 36.1. The topological polar surface area (TPSA) is 57.5 Å². The van der Waals surface area contributed by atoms with E-state index in [2.05, 4.69) is 6.92 Å². The Balaban J connectivity index is 2.30. The summed E-state index contributed by atoms with van der Waals surface area (Å²) in [7, 11) is 0. The average molecular weight is 264 g/mol. The standard InChI is InChI=1S/C16H24O3/c1-4-12(15(17)18)11-6-5-10(2)13-7-8-16(3,19)14(13)9-11/h4,11,14,19H,5-9H2,1-3H3,(H,17,18)/t11-,14?,16-/m1/s1. The quantitative estimate of drug-likeness (QED) is 0.594. The lowest BCUT2D eigenvalue weighted by molar-refractivity contribution is -0.133. The van der Waals surface area contributed by atoms with E-state index >= 15 is 0 Å². The Morgan fingerprint density at radius 1 is 1.42 bits per heavy atom. The molecule has 3 heteroatoms. The van der Waals surface area contributed by atoms with Crippen LogP contribution in [0.3, 0.4) is 0 Å². The maximum absolute atomic E-state index is 11.3. The number of hydrogen-bond donors (Lipinski definition) is 2. The fourth-order valence-electron chi connectivity index (χ4n) is 3.79. The van der Waals surface area contributed by atoms with Gasteiger partial charge in [0.25, 0.3) is 0 Å². The molecular formula is C16H24O3. The molecule has 0 radical (unpaired) electrons. The van der Waals surface area contributed by atoms with Crippen LogP contribution >= 0.6 is 0 Å². The van der Waals surface area contributed by atoms with Crippen molar-refractivity contribution in [2.75, 3.05) is 0 Å². The number of aliphatic carboxylic acids is 1. The molecule has 0 aromatic heterocycles. The highest BCUT2D eigenvalue weighted by atomic mass is 16.4. The lowest BCUT2D eigenvalue weighted by atomic mass is 9.80. The van der Waals surface area contributed by atoms with Crippen LogP contribution in [0.1, 0.15) is 52.9 Å². The highest BCUT2D eigenvalue weighted by Gasteiger charge is 2.43. The zero-order chi connectivity index (χ0) is 14.2. The van der Waals surface area contributed by atoms with Crippen LogP contribution in [0.25, 0.3) is 0 Å². The lowest BCUT2D eigenvalue weighted by Gasteiger charge is -2.29. The van der Waals surface area contributed by atoms with Crippen LogP contribution in [0.4, 0.5) is 0 Å². The van der Waals surface area contributed by atoms with Crippen LogP contribution in [-0.4, -0.2) is 21.8 Å². The SMILES string of the molecule is CC=C(C(=O)O)[C@@H]1CCC(C)=C2CC[C@@](C)(O)C2C1. The second-order valence-electron chi connectivity index (χ2n) is 6.24. The van der Waals surface area contributed by atoms with Gasteiger partial charge in [-0.25, -0.2) is 4.79 Å². The van der Waals surface area contributed by atoms with Crippen LogP contribution in [0.5, 0.6) is 0 Å². The van der Waals surface area contributed by atoms with Gasteiger partial charge in [0.15, 0.2) is 0 Å². The summed E-state index contributed by atoms with van der Waals surface area (Å²) in [5, 5.41) is 19.9. The zero-order valence-electron chi connectivity index (χ0n) is 12.1. The van der Waals surface area contributed by atoms with E-state index in [0.717, 1.165) is 32.1 Å². The van der Waals surface area contributed by atoms with Gasteiger partial charge >= 0.3 is 5.97 Å². The molecule has 1 unspecified atom stereocenters. The van der Waals surface area contributed by atoms with E-state index in [0.29, 0.717) is 5.57 Å². The van der Waals surface area contributed by atoms with Gasteiger partial charge in [0.1, 0.15) is 0 Å². The van der Waals surface area contributed by atoms with Gasteiger partial charge in [-0.3, -0.25) is 0 Å². The highest BCUT2D eigenvalue weighted by molar-refractivity contribution is 5.87. The van der Waals surface area contributed by atoms with E-state index in [1.165, 1.54) is 11.1 Å². The summed E-state index contributed by atoms with van der Waals surface area (Å²) in [6.45, 7) is 5.83. The van der Waals surface area contributed by atoms with E-state index in [9.17, 15) is 15.0 Å². The van der Waals surface area contributed by atoms with Gasteiger partial charge in [-0.05, 0) is 58.8 Å². The smallest absolute Gasteiger partial charge is 0.331 e. The summed E-state index contributed by atoms with van der Waals surface area (Å²) in [6.07, 6.45) is 6.09. The Hall–Kier alpha value is -1.09. The monoisotopic (exact) mass is 264 g/mol. The number of fused-ring (bicyclic) bond motifs is 1. The number of carboxylic acids is 1. The van der Waals surface area contributed by atoms with Crippen molar-refractivity contribution in [3.63, 3.8) is 0 Å². The van der Waals surface area contributed by atoms with Gasteiger partial charge in [-0.1, -0.05) is 17.2 Å². The molecule has 2 aliphatic rings. The molecule has 19 heavy (non-hydrogen) atoms. The Morgan fingerprint density at radius 2 is 2.11 bits per heavy atom. The van der Waals surface area contributed by atoms with E-state index in [4.69, 9.17) is 0 Å². The minimum Gasteiger partial charge on any atom is -0.478 e. The van der Waals surface area contributed by atoms with Crippen molar-refractivity contribution in [2.24, 2.45) is 11.8 Å². The van der Waals surface area contributed by atoms with Crippen molar-refractivity contribution in [3.05, 3.63) is 22.8 Å². The van der Waals surface area contributed by atoms with Gasteiger partial charge in [0, 0.05) is 11.5 Å². The molecule has 0 aliphatic heterocycles. The first-order valence-corrected chi connectivity index (χ1v) is 7.17. The molecule has 0 saturated heterocycles.